The van der Waals surface area contributed by atoms with E-state index in [1.165, 1.54) is 0 Å². The number of fused-ring (bicyclic) bond motifs is 1. The van der Waals surface area contributed by atoms with Gasteiger partial charge in [-0.1, -0.05) is 24.3 Å². The molecule has 170 valence electrons. The van der Waals surface area contributed by atoms with E-state index < -0.39 is 0 Å². The van der Waals surface area contributed by atoms with Gasteiger partial charge >= 0.3 is 159 Å². The molecular formula is C27H22AsClN2O3. The monoisotopic (exact) mass is 532 g/mol. The van der Waals surface area contributed by atoms with Crippen molar-refractivity contribution in [2.45, 2.75) is 6.61 Å². The number of benzene rings is 3. The van der Waals surface area contributed by atoms with Crippen molar-refractivity contribution in [3.8, 4) is 5.75 Å². The summed E-state index contributed by atoms with van der Waals surface area (Å²) in [5, 5.41) is 4.38. The first kappa shape index (κ1) is 23.7. The van der Waals surface area contributed by atoms with Crippen LogP contribution in [0.15, 0.2) is 84.9 Å². The second kappa shape index (κ2) is 11.1. The Bertz CT molecular complexity index is 1350. The minimum atomic E-state index is -0.324. The maximum atomic E-state index is 12.8. The predicted octanol–water partition coefficient (Wildman–Crippen LogP) is 4.28. The number of rotatable bonds is 8. The molecule has 1 N–H and O–H groups in total. The molecular weight excluding hydrogens is 511 g/mol. The van der Waals surface area contributed by atoms with Gasteiger partial charge in [-0.2, -0.15) is 0 Å². The van der Waals surface area contributed by atoms with Crippen molar-refractivity contribution >= 4 is 61.5 Å². The molecule has 1 amide bonds. The molecule has 34 heavy (non-hydrogen) atoms. The number of halogens is 1. The van der Waals surface area contributed by atoms with Crippen LogP contribution in [0.3, 0.4) is 0 Å². The Hall–Kier alpha value is -3.40. The molecule has 1 heterocycles. The molecule has 1 unspecified atom stereocenters. The van der Waals surface area contributed by atoms with Gasteiger partial charge in [-0.25, -0.2) is 4.98 Å². The standard InChI is InChI=1S/C27H22AsClN2O3/c28-26(32)16-30-27(33)24(15-18-5-10-21(29)11-6-18)19-8-13-23(14-9-19)34-17-22-12-7-20-3-1-2-4-25(20)31-22/h1-15H,16-17,28H2,(H,30,33)/b24-15+. The van der Waals surface area contributed by atoms with Gasteiger partial charge in [0.2, 0.25) is 0 Å². The first-order chi connectivity index (χ1) is 16.5. The molecule has 0 saturated carbocycles. The summed E-state index contributed by atoms with van der Waals surface area (Å²) < 4.78 is 5.85. The summed E-state index contributed by atoms with van der Waals surface area (Å²) in [6.07, 6.45) is 1.77. The molecule has 7 heteroatoms. The predicted molar refractivity (Wildman–Crippen MR) is 138 cm³/mol. The number of carbonyl (C=O) groups excluding carboxylic acids is 2. The Balaban J connectivity index is 1.51. The molecule has 0 radical (unpaired) electrons. The van der Waals surface area contributed by atoms with E-state index in [-0.39, 0.29) is 17.0 Å². The maximum absolute atomic E-state index is 12.8. The van der Waals surface area contributed by atoms with Crippen LogP contribution in [-0.4, -0.2) is 38.9 Å². The van der Waals surface area contributed by atoms with Gasteiger partial charge in [0.15, 0.2) is 0 Å². The zero-order chi connectivity index (χ0) is 23.9. The van der Waals surface area contributed by atoms with E-state index in [0.29, 0.717) is 28.5 Å². The van der Waals surface area contributed by atoms with E-state index >= 15 is 0 Å². The van der Waals surface area contributed by atoms with Gasteiger partial charge in [0, 0.05) is 5.39 Å². The summed E-state index contributed by atoms with van der Waals surface area (Å²) in [5.41, 5.74) is 3.73. The van der Waals surface area contributed by atoms with Crippen molar-refractivity contribution in [1.29, 1.82) is 0 Å². The Labute approximate surface area is 211 Å². The van der Waals surface area contributed by atoms with E-state index in [1.807, 2.05) is 72.8 Å². The Kier molecular flexibility index (Phi) is 7.79. The second-order valence-corrected chi connectivity index (χ2v) is 9.35. The fourth-order valence-electron chi connectivity index (χ4n) is 3.34. The van der Waals surface area contributed by atoms with Gasteiger partial charge in [-0.05, 0) is 12.1 Å². The Morgan fingerprint density at radius 2 is 1.68 bits per heavy atom. The molecule has 0 aliphatic rings. The topological polar surface area (TPSA) is 68.3 Å². The summed E-state index contributed by atoms with van der Waals surface area (Å²) in [6.45, 7) is 0.329. The first-order valence-corrected chi connectivity index (χ1v) is 12.2. The fraction of sp³-hybridized carbons (Fsp3) is 0.0741. The van der Waals surface area contributed by atoms with Crippen LogP contribution >= 0.6 is 11.6 Å². The number of amides is 1. The molecule has 4 rings (SSSR count). The van der Waals surface area contributed by atoms with Crippen LogP contribution in [0, 0.1) is 0 Å². The van der Waals surface area contributed by atoms with Gasteiger partial charge in [-0.3, -0.25) is 0 Å². The molecule has 0 spiro atoms. The SMILES string of the molecule is O=C([AsH2])CNC(=O)/C(=C/c1ccc(Cl)cc1)c1ccc(OCc2ccc3ccccc3n2)cc1. The summed E-state index contributed by atoms with van der Waals surface area (Å²) in [4.78, 5) is 28.8. The molecule has 0 saturated heterocycles. The molecule has 0 aliphatic heterocycles. The number of hydrogen-bond acceptors (Lipinski definition) is 4. The Morgan fingerprint density at radius 3 is 2.41 bits per heavy atom. The fourth-order valence-corrected chi connectivity index (χ4v) is 3.69. The molecule has 4 aromatic rings. The Morgan fingerprint density at radius 1 is 0.941 bits per heavy atom. The third kappa shape index (κ3) is 6.34. The summed E-state index contributed by atoms with van der Waals surface area (Å²) in [5.74, 6) is 0.339. The number of para-hydroxylation sites is 1. The number of pyridine rings is 1. The van der Waals surface area contributed by atoms with Crippen LogP contribution in [0.2, 0.25) is 5.02 Å². The summed E-state index contributed by atoms with van der Waals surface area (Å²) >= 11 is 6.94. The third-order valence-corrected chi connectivity index (χ3v) is 5.74. The van der Waals surface area contributed by atoms with Crippen LogP contribution in [-0.2, 0) is 16.2 Å². The van der Waals surface area contributed by atoms with Crippen LogP contribution in [0.4, 0.5) is 0 Å². The second-order valence-electron chi connectivity index (χ2n) is 7.57. The van der Waals surface area contributed by atoms with Crippen molar-refractivity contribution in [3.63, 3.8) is 0 Å². The summed E-state index contributed by atoms with van der Waals surface area (Å²) in [7, 11) is 0. The molecule has 0 fully saturated rings. The number of ether oxygens (including phenoxy) is 1. The van der Waals surface area contributed by atoms with Crippen LogP contribution in [0.5, 0.6) is 5.75 Å². The number of nitrogens with zero attached hydrogens (tertiary/aromatic N) is 1. The minimum absolute atomic E-state index is 0.00323. The molecule has 0 bridgehead atoms. The molecule has 0 aliphatic carbocycles. The number of aromatic nitrogens is 1. The van der Waals surface area contributed by atoms with Crippen LogP contribution in [0.25, 0.3) is 22.6 Å². The molecule has 1 atom stereocenters. The zero-order valence-electron chi connectivity index (χ0n) is 18.2. The van der Waals surface area contributed by atoms with Crippen molar-refractivity contribution in [2.24, 2.45) is 0 Å². The van der Waals surface area contributed by atoms with Crippen molar-refractivity contribution < 1.29 is 14.3 Å². The summed E-state index contributed by atoms with van der Waals surface area (Å²) in [6, 6.07) is 26.4. The van der Waals surface area contributed by atoms with E-state index in [1.54, 1.807) is 18.2 Å². The van der Waals surface area contributed by atoms with E-state index in [0.717, 1.165) is 39.0 Å². The van der Waals surface area contributed by atoms with E-state index in [4.69, 9.17) is 16.3 Å². The van der Waals surface area contributed by atoms with E-state index in [9.17, 15) is 9.59 Å². The van der Waals surface area contributed by atoms with Crippen LogP contribution < -0.4 is 10.1 Å². The van der Waals surface area contributed by atoms with Crippen LogP contribution in [0.1, 0.15) is 16.8 Å². The normalized spacial score (nSPS) is 11.3. The zero-order valence-corrected chi connectivity index (χ0v) is 21.4. The number of carbonyl (C=O) groups is 2. The average molecular weight is 533 g/mol. The third-order valence-electron chi connectivity index (χ3n) is 5.06. The molecule has 5 nitrogen and oxygen atoms in total. The average Bonchev–Trinajstić information content (AvgIpc) is 2.86. The van der Waals surface area contributed by atoms with Gasteiger partial charge in [-0.15, -0.1) is 0 Å². The quantitative estimate of drug-likeness (QED) is 0.209. The van der Waals surface area contributed by atoms with Gasteiger partial charge in [0.25, 0.3) is 0 Å². The van der Waals surface area contributed by atoms with Crippen molar-refractivity contribution in [3.05, 3.63) is 107 Å². The van der Waals surface area contributed by atoms with E-state index in [2.05, 4.69) is 10.3 Å². The first-order valence-electron chi connectivity index (χ1n) is 10.6. The van der Waals surface area contributed by atoms with Crippen molar-refractivity contribution in [1.82, 2.24) is 10.3 Å². The van der Waals surface area contributed by atoms with Gasteiger partial charge in [0.05, 0.1) is 5.52 Å². The molecule has 1 aromatic heterocycles. The van der Waals surface area contributed by atoms with Gasteiger partial charge < -0.3 is 0 Å². The molecule has 3 aromatic carbocycles. The van der Waals surface area contributed by atoms with Gasteiger partial charge in [0.1, 0.15) is 0 Å². The number of hydrogen-bond donors (Lipinski definition) is 1. The van der Waals surface area contributed by atoms with Crippen molar-refractivity contribution in [2.75, 3.05) is 6.54 Å². The number of nitrogens with one attached hydrogen (secondary N) is 1.